The molecule has 10 heteroatoms. The quantitative estimate of drug-likeness (QED) is 0.517. The molecule has 0 saturated carbocycles. The summed E-state index contributed by atoms with van der Waals surface area (Å²) in [5, 5.41) is 2.13. The third kappa shape index (κ3) is 4.24. The molecule has 0 spiro atoms. The molecule has 8 nitrogen and oxygen atoms in total. The Morgan fingerprint density at radius 1 is 0.864 bits per heavy atom. The maximum Gasteiger partial charge on any atom is 0.360 e. The Hall–Kier alpha value is -1.53. The highest BCUT2D eigenvalue weighted by molar-refractivity contribution is 7.71. The lowest BCUT2D eigenvalue weighted by molar-refractivity contribution is 0.343. The van der Waals surface area contributed by atoms with Gasteiger partial charge in [-0.25, -0.2) is 4.98 Å². The van der Waals surface area contributed by atoms with Gasteiger partial charge in [0, 0.05) is 5.56 Å². The fourth-order valence-electron chi connectivity index (χ4n) is 1.78. The van der Waals surface area contributed by atoms with Crippen molar-refractivity contribution in [1.82, 2.24) is 4.98 Å². The highest BCUT2D eigenvalue weighted by atomic mass is 31.2. The van der Waals surface area contributed by atoms with E-state index in [-0.39, 0.29) is 5.82 Å². The van der Waals surface area contributed by atoms with E-state index in [2.05, 4.69) is 10.3 Å². The van der Waals surface area contributed by atoms with Crippen molar-refractivity contribution in [2.45, 2.75) is 5.52 Å². The second-order valence-corrected chi connectivity index (χ2v) is 8.27. The van der Waals surface area contributed by atoms with Crippen molar-refractivity contribution in [3.63, 3.8) is 0 Å². The predicted molar refractivity (Wildman–Crippen MR) is 81.2 cm³/mol. The van der Waals surface area contributed by atoms with Crippen LogP contribution in [0.1, 0.15) is 0 Å². The van der Waals surface area contributed by atoms with Crippen molar-refractivity contribution in [2.24, 2.45) is 0 Å². The molecule has 0 atom stereocenters. The first kappa shape index (κ1) is 16.8. The molecule has 0 saturated heterocycles. The van der Waals surface area contributed by atoms with Gasteiger partial charge in [-0.15, -0.1) is 0 Å². The number of hydrogen-bond donors (Lipinski definition) is 5. The molecule has 0 bridgehead atoms. The van der Waals surface area contributed by atoms with Crippen LogP contribution in [0.2, 0.25) is 0 Å². The van der Waals surface area contributed by atoms with Crippen molar-refractivity contribution < 1.29 is 28.7 Å². The highest BCUT2D eigenvalue weighted by Gasteiger charge is 2.43. The first-order chi connectivity index (χ1) is 10.2. The van der Waals surface area contributed by atoms with Crippen LogP contribution in [-0.2, 0) is 9.13 Å². The van der Waals surface area contributed by atoms with E-state index in [0.717, 1.165) is 5.56 Å². The Bertz CT molecular complexity index is 720. The third-order valence-electron chi connectivity index (χ3n) is 2.73. The molecule has 118 valence electrons. The molecule has 1 heterocycles. The number of nitrogens with one attached hydrogen (secondary N) is 1. The normalized spacial score (nSPS) is 12.4. The van der Waals surface area contributed by atoms with E-state index >= 15 is 0 Å². The molecule has 1 aromatic heterocycles. The molecule has 1 aromatic carbocycles. The van der Waals surface area contributed by atoms with Gasteiger partial charge in [-0.1, -0.05) is 36.4 Å². The summed E-state index contributed by atoms with van der Waals surface area (Å²) in [6, 6.07) is 13.6. The van der Waals surface area contributed by atoms with E-state index in [9.17, 15) is 9.13 Å². The van der Waals surface area contributed by atoms with Gasteiger partial charge in [-0.2, -0.15) is 0 Å². The van der Waals surface area contributed by atoms with Crippen LogP contribution in [0, 0.1) is 0 Å². The fourth-order valence-corrected chi connectivity index (χ4v) is 3.95. The van der Waals surface area contributed by atoms with E-state index in [1.807, 2.05) is 6.07 Å². The van der Waals surface area contributed by atoms with Crippen molar-refractivity contribution >= 4 is 21.0 Å². The average molecular weight is 344 g/mol. The second kappa shape index (κ2) is 6.30. The van der Waals surface area contributed by atoms with Gasteiger partial charge in [0.2, 0.25) is 5.52 Å². The molecule has 2 aromatic rings. The van der Waals surface area contributed by atoms with Gasteiger partial charge < -0.3 is 24.9 Å². The van der Waals surface area contributed by atoms with Crippen LogP contribution in [0.3, 0.4) is 0 Å². The number of anilines is 1. The zero-order chi connectivity index (χ0) is 16.4. The van der Waals surface area contributed by atoms with Gasteiger partial charge in [0.25, 0.3) is 0 Å². The van der Waals surface area contributed by atoms with Gasteiger partial charge >= 0.3 is 15.2 Å². The Morgan fingerprint density at radius 3 is 2.00 bits per heavy atom. The summed E-state index contributed by atoms with van der Waals surface area (Å²) < 4.78 is 22.5. The monoisotopic (exact) mass is 344 g/mol. The van der Waals surface area contributed by atoms with Gasteiger partial charge in [-0.05, 0) is 12.1 Å². The SMILES string of the molecule is O=P(O)(O)C(Nc1cccc(-c2ccccc2)n1)P(=O)(O)O. The molecule has 5 N–H and O–H groups in total. The molecule has 0 amide bonds. The third-order valence-corrected chi connectivity index (χ3v) is 6.07. The molecule has 0 unspecified atom stereocenters. The fraction of sp³-hybridized carbons (Fsp3) is 0.0833. The lowest BCUT2D eigenvalue weighted by Crippen LogP contribution is -2.20. The zero-order valence-electron chi connectivity index (χ0n) is 11.1. The lowest BCUT2D eigenvalue weighted by atomic mass is 10.1. The summed E-state index contributed by atoms with van der Waals surface area (Å²) in [5.41, 5.74) is -1.07. The van der Waals surface area contributed by atoms with Crippen LogP contribution >= 0.6 is 15.2 Å². The summed E-state index contributed by atoms with van der Waals surface area (Å²) in [5.74, 6) is -0.0435. The number of pyridine rings is 1. The first-order valence-electron chi connectivity index (χ1n) is 6.07. The summed E-state index contributed by atoms with van der Waals surface area (Å²) in [6.07, 6.45) is 0. The molecule has 0 radical (unpaired) electrons. The molecule has 0 fully saturated rings. The van der Waals surface area contributed by atoms with Crippen LogP contribution in [0.4, 0.5) is 5.82 Å². The molecule has 0 aliphatic carbocycles. The maximum atomic E-state index is 11.2. The van der Waals surface area contributed by atoms with Gasteiger partial charge in [0.15, 0.2) is 0 Å². The van der Waals surface area contributed by atoms with Gasteiger partial charge in [0.1, 0.15) is 5.82 Å². The number of aromatic nitrogens is 1. The van der Waals surface area contributed by atoms with Crippen molar-refractivity contribution in [3.8, 4) is 11.3 Å². The average Bonchev–Trinajstić information content (AvgIpc) is 2.44. The smallest absolute Gasteiger partial charge is 0.346 e. The van der Waals surface area contributed by atoms with Crippen molar-refractivity contribution in [3.05, 3.63) is 48.5 Å². The molecule has 2 rings (SSSR count). The Kier molecular flexibility index (Phi) is 4.82. The summed E-state index contributed by atoms with van der Waals surface area (Å²) in [4.78, 5) is 40.5. The van der Waals surface area contributed by atoms with E-state index in [1.54, 1.807) is 36.4 Å². The number of nitrogens with zero attached hydrogens (tertiary/aromatic N) is 1. The molecular weight excluding hydrogens is 330 g/mol. The first-order valence-corrected chi connectivity index (χ1v) is 9.44. The molecular formula is C12H14N2O6P2. The number of benzene rings is 1. The van der Waals surface area contributed by atoms with E-state index in [0.29, 0.717) is 5.69 Å². The Balaban J connectivity index is 2.34. The summed E-state index contributed by atoms with van der Waals surface area (Å²) in [6.45, 7) is 0. The minimum absolute atomic E-state index is 0.0435. The van der Waals surface area contributed by atoms with Crippen LogP contribution in [0.25, 0.3) is 11.3 Å². The maximum absolute atomic E-state index is 11.2. The van der Waals surface area contributed by atoms with E-state index in [1.165, 1.54) is 6.07 Å². The van der Waals surface area contributed by atoms with Crippen molar-refractivity contribution in [2.75, 3.05) is 5.32 Å². The largest absolute Gasteiger partial charge is 0.360 e. The molecule has 22 heavy (non-hydrogen) atoms. The van der Waals surface area contributed by atoms with Crippen molar-refractivity contribution in [1.29, 1.82) is 0 Å². The minimum atomic E-state index is -5.06. The summed E-state index contributed by atoms with van der Waals surface area (Å²) in [7, 11) is -10.1. The highest BCUT2D eigenvalue weighted by Crippen LogP contribution is 2.59. The van der Waals surface area contributed by atoms with E-state index < -0.39 is 20.7 Å². The second-order valence-electron chi connectivity index (χ2n) is 4.47. The Morgan fingerprint density at radius 2 is 1.45 bits per heavy atom. The van der Waals surface area contributed by atoms with Crippen LogP contribution in [-0.4, -0.2) is 30.1 Å². The standard InChI is InChI=1S/C12H14N2O6P2/c15-21(16,17)12(22(18,19)20)14-11-8-4-7-10(13-11)9-5-2-1-3-6-9/h1-8,12H,(H,13,14)(H2,15,16,17)(H2,18,19,20). The van der Waals surface area contributed by atoms with Gasteiger partial charge in [-0.3, -0.25) is 9.13 Å². The molecule has 0 aliphatic heterocycles. The van der Waals surface area contributed by atoms with Crippen LogP contribution in [0.15, 0.2) is 48.5 Å². The van der Waals surface area contributed by atoms with Gasteiger partial charge in [0.05, 0.1) is 5.69 Å². The van der Waals surface area contributed by atoms with E-state index in [4.69, 9.17) is 19.6 Å². The Labute approximate surface area is 126 Å². The lowest BCUT2D eigenvalue weighted by Gasteiger charge is -2.21. The van der Waals surface area contributed by atoms with Crippen LogP contribution in [0.5, 0.6) is 0 Å². The zero-order valence-corrected chi connectivity index (χ0v) is 12.9. The van der Waals surface area contributed by atoms with Crippen LogP contribution < -0.4 is 5.32 Å². The predicted octanol–water partition coefficient (Wildman–Crippen LogP) is 1.80. The topological polar surface area (TPSA) is 140 Å². The minimum Gasteiger partial charge on any atom is -0.346 e. The summed E-state index contributed by atoms with van der Waals surface area (Å²) >= 11 is 0. The molecule has 0 aliphatic rings. The number of hydrogen-bond acceptors (Lipinski definition) is 4. The number of rotatable bonds is 5.